The molecule has 2 aromatic heterocycles. The van der Waals surface area contributed by atoms with E-state index in [1.54, 1.807) is 0 Å². The van der Waals surface area contributed by atoms with E-state index in [9.17, 15) is 4.79 Å². The van der Waals surface area contributed by atoms with Crippen LogP contribution in [0.1, 0.15) is 21.1 Å². The predicted octanol–water partition coefficient (Wildman–Crippen LogP) is 1.70. The van der Waals surface area contributed by atoms with Crippen LogP contribution in [-0.4, -0.2) is 21.2 Å². The van der Waals surface area contributed by atoms with Crippen LogP contribution in [0.15, 0.2) is 4.52 Å². The highest BCUT2D eigenvalue weighted by Crippen LogP contribution is 2.36. The summed E-state index contributed by atoms with van der Waals surface area (Å²) in [7, 11) is 0. The number of carboxylic acids is 1. The fourth-order valence-corrected chi connectivity index (χ4v) is 2.26. The lowest BCUT2D eigenvalue weighted by Gasteiger charge is -1.94. The van der Waals surface area contributed by atoms with Crippen LogP contribution in [0, 0.1) is 13.8 Å². The lowest BCUT2D eigenvalue weighted by Crippen LogP contribution is -1.98. The van der Waals surface area contributed by atoms with E-state index in [0.29, 0.717) is 10.6 Å². The van der Waals surface area contributed by atoms with Crippen molar-refractivity contribution in [2.24, 2.45) is 0 Å². The zero-order valence-electron chi connectivity index (χ0n) is 8.64. The topological polar surface area (TPSA) is 102 Å². The van der Waals surface area contributed by atoms with Gasteiger partial charge in [-0.3, -0.25) is 0 Å². The molecule has 0 fully saturated rings. The van der Waals surface area contributed by atoms with Crippen molar-refractivity contribution >= 4 is 22.3 Å². The molecule has 7 heteroatoms. The average molecular weight is 239 g/mol. The Morgan fingerprint density at radius 3 is 2.62 bits per heavy atom. The van der Waals surface area contributed by atoms with Crippen LogP contribution in [0.3, 0.4) is 0 Å². The summed E-state index contributed by atoms with van der Waals surface area (Å²) in [5.41, 5.74) is 7.36. The minimum atomic E-state index is -1.22. The van der Waals surface area contributed by atoms with Gasteiger partial charge in [0.2, 0.25) is 0 Å². The van der Waals surface area contributed by atoms with E-state index in [2.05, 4.69) is 10.1 Å². The van der Waals surface area contributed by atoms with Crippen molar-refractivity contribution in [3.05, 3.63) is 16.3 Å². The SMILES string of the molecule is Cc1sc(N)c(-c2nc(C(=O)O)no2)c1C. The normalized spacial score (nSPS) is 10.6. The van der Waals surface area contributed by atoms with E-state index < -0.39 is 5.97 Å². The van der Waals surface area contributed by atoms with Crippen molar-refractivity contribution in [1.29, 1.82) is 0 Å². The number of rotatable bonds is 2. The highest BCUT2D eigenvalue weighted by Gasteiger charge is 2.20. The number of nitrogen functional groups attached to an aromatic ring is 1. The van der Waals surface area contributed by atoms with E-state index in [-0.39, 0.29) is 11.7 Å². The maximum absolute atomic E-state index is 10.6. The number of nitrogens with zero attached hydrogens (tertiary/aromatic N) is 2. The number of carboxylic acid groups (broad SMARTS) is 1. The molecule has 0 spiro atoms. The molecular formula is C9H9N3O3S. The van der Waals surface area contributed by atoms with Gasteiger partial charge in [-0.2, -0.15) is 4.98 Å². The molecule has 2 heterocycles. The summed E-state index contributed by atoms with van der Waals surface area (Å²) in [6, 6.07) is 0. The Hall–Kier alpha value is -1.89. The number of hydrogen-bond acceptors (Lipinski definition) is 6. The summed E-state index contributed by atoms with van der Waals surface area (Å²) in [6.07, 6.45) is 0. The summed E-state index contributed by atoms with van der Waals surface area (Å²) >= 11 is 1.41. The zero-order chi connectivity index (χ0) is 11.9. The van der Waals surface area contributed by atoms with Crippen LogP contribution in [0.25, 0.3) is 11.5 Å². The number of hydrogen-bond donors (Lipinski definition) is 2. The van der Waals surface area contributed by atoms with E-state index in [4.69, 9.17) is 15.4 Å². The molecule has 2 rings (SSSR count). The van der Waals surface area contributed by atoms with Gasteiger partial charge in [0.25, 0.3) is 11.7 Å². The molecule has 0 bridgehead atoms. The summed E-state index contributed by atoms with van der Waals surface area (Å²) in [5.74, 6) is -1.44. The molecule has 0 saturated heterocycles. The molecule has 0 atom stereocenters. The Bertz CT molecular complexity index is 558. The third-order valence-corrected chi connectivity index (χ3v) is 3.28. The third kappa shape index (κ3) is 1.54. The molecule has 0 aromatic carbocycles. The van der Waals surface area contributed by atoms with Crippen molar-refractivity contribution in [3.8, 4) is 11.5 Å². The van der Waals surface area contributed by atoms with Crippen LogP contribution in [-0.2, 0) is 0 Å². The highest BCUT2D eigenvalue weighted by atomic mass is 32.1. The first-order valence-corrected chi connectivity index (χ1v) is 5.25. The van der Waals surface area contributed by atoms with Gasteiger partial charge in [-0.1, -0.05) is 0 Å². The van der Waals surface area contributed by atoms with E-state index >= 15 is 0 Å². The number of thiophene rings is 1. The van der Waals surface area contributed by atoms with Gasteiger partial charge >= 0.3 is 5.97 Å². The minimum Gasteiger partial charge on any atom is -0.475 e. The predicted molar refractivity (Wildman–Crippen MR) is 58.5 cm³/mol. The molecule has 0 amide bonds. The quantitative estimate of drug-likeness (QED) is 0.826. The first kappa shape index (κ1) is 10.6. The van der Waals surface area contributed by atoms with Crippen LogP contribution in [0.5, 0.6) is 0 Å². The van der Waals surface area contributed by atoms with Crippen molar-refractivity contribution < 1.29 is 14.4 Å². The van der Waals surface area contributed by atoms with Gasteiger partial charge in [0, 0.05) is 4.88 Å². The molecule has 0 saturated carbocycles. The van der Waals surface area contributed by atoms with E-state index in [1.165, 1.54) is 11.3 Å². The Morgan fingerprint density at radius 2 is 2.19 bits per heavy atom. The molecule has 2 aromatic rings. The third-order valence-electron chi connectivity index (χ3n) is 2.24. The number of aromatic nitrogens is 2. The largest absolute Gasteiger partial charge is 0.475 e. The molecular weight excluding hydrogens is 230 g/mol. The van der Waals surface area contributed by atoms with Crippen LogP contribution in [0.4, 0.5) is 5.00 Å². The summed E-state index contributed by atoms with van der Waals surface area (Å²) in [4.78, 5) is 15.4. The number of aryl methyl sites for hydroxylation is 1. The van der Waals surface area contributed by atoms with Gasteiger partial charge in [0.1, 0.15) is 0 Å². The van der Waals surface area contributed by atoms with Gasteiger partial charge < -0.3 is 15.4 Å². The lowest BCUT2D eigenvalue weighted by atomic mass is 10.1. The van der Waals surface area contributed by atoms with Gasteiger partial charge in [-0.05, 0) is 24.6 Å². The average Bonchev–Trinajstić information content (AvgIpc) is 2.74. The Kier molecular flexibility index (Phi) is 2.39. The monoisotopic (exact) mass is 239 g/mol. The van der Waals surface area contributed by atoms with Gasteiger partial charge in [0.05, 0.1) is 10.6 Å². The van der Waals surface area contributed by atoms with Crippen molar-refractivity contribution in [2.75, 3.05) is 5.73 Å². The Labute approximate surface area is 94.7 Å². The van der Waals surface area contributed by atoms with Gasteiger partial charge in [0.15, 0.2) is 0 Å². The maximum atomic E-state index is 10.6. The second-order valence-electron chi connectivity index (χ2n) is 3.25. The maximum Gasteiger partial charge on any atom is 0.377 e. The molecule has 0 radical (unpaired) electrons. The summed E-state index contributed by atoms with van der Waals surface area (Å²) in [6.45, 7) is 3.80. The molecule has 84 valence electrons. The minimum absolute atomic E-state index is 0.150. The first-order chi connectivity index (χ1) is 7.50. The van der Waals surface area contributed by atoms with Crippen LogP contribution in [0.2, 0.25) is 0 Å². The fourth-order valence-electron chi connectivity index (χ4n) is 1.33. The van der Waals surface area contributed by atoms with Crippen molar-refractivity contribution in [2.45, 2.75) is 13.8 Å². The van der Waals surface area contributed by atoms with Gasteiger partial charge in [-0.15, -0.1) is 11.3 Å². The van der Waals surface area contributed by atoms with Crippen molar-refractivity contribution in [3.63, 3.8) is 0 Å². The molecule has 0 aliphatic rings. The second kappa shape index (κ2) is 3.60. The first-order valence-electron chi connectivity index (χ1n) is 4.43. The molecule has 0 aliphatic carbocycles. The standard InChI is InChI=1S/C9H9N3O3S/c1-3-4(2)16-6(10)5(3)8-11-7(9(13)14)12-15-8/h10H2,1-2H3,(H,13,14). The molecule has 3 N–H and O–H groups in total. The smallest absolute Gasteiger partial charge is 0.377 e. The molecule has 6 nitrogen and oxygen atoms in total. The molecule has 0 aliphatic heterocycles. The lowest BCUT2D eigenvalue weighted by molar-refractivity contribution is 0.0680. The van der Waals surface area contributed by atoms with Crippen LogP contribution < -0.4 is 5.73 Å². The highest BCUT2D eigenvalue weighted by molar-refractivity contribution is 7.16. The van der Waals surface area contributed by atoms with Crippen molar-refractivity contribution in [1.82, 2.24) is 10.1 Å². The number of aromatic carboxylic acids is 1. The summed E-state index contributed by atoms with van der Waals surface area (Å²) in [5, 5.41) is 12.6. The summed E-state index contributed by atoms with van der Waals surface area (Å²) < 4.78 is 4.87. The van der Waals surface area contributed by atoms with E-state index in [0.717, 1.165) is 10.4 Å². The number of anilines is 1. The Balaban J connectivity index is 2.54. The van der Waals surface area contributed by atoms with Crippen LogP contribution >= 0.6 is 11.3 Å². The Morgan fingerprint density at radius 1 is 1.50 bits per heavy atom. The van der Waals surface area contributed by atoms with E-state index in [1.807, 2.05) is 13.8 Å². The van der Waals surface area contributed by atoms with Gasteiger partial charge in [-0.25, -0.2) is 4.79 Å². The molecule has 16 heavy (non-hydrogen) atoms. The number of nitrogens with two attached hydrogens (primary N) is 1. The fraction of sp³-hybridized carbons (Fsp3) is 0.222. The number of carbonyl (C=O) groups is 1. The zero-order valence-corrected chi connectivity index (χ0v) is 9.46. The second-order valence-corrected chi connectivity index (χ2v) is 4.51. The molecule has 0 unspecified atom stereocenters.